The third-order valence-electron chi connectivity index (χ3n) is 1.83. The van der Waals surface area contributed by atoms with Gasteiger partial charge in [-0.25, -0.2) is 4.79 Å². The van der Waals surface area contributed by atoms with Crippen LogP contribution in [0.3, 0.4) is 0 Å². The Morgan fingerprint density at radius 3 is 2.80 bits per heavy atom. The summed E-state index contributed by atoms with van der Waals surface area (Å²) in [6, 6.07) is 2.60. The number of aromatic nitrogens is 1. The summed E-state index contributed by atoms with van der Waals surface area (Å²) in [4.78, 5) is 26.3. The molecule has 0 spiro atoms. The van der Waals surface area contributed by atoms with E-state index in [0.717, 1.165) is 0 Å². The number of carbonyl (C=O) groups excluding carboxylic acids is 2. The minimum atomic E-state index is -0.664. The maximum absolute atomic E-state index is 11.5. The van der Waals surface area contributed by atoms with Gasteiger partial charge in [0.2, 0.25) is 0 Å². The molecule has 5 nitrogen and oxygen atoms in total. The summed E-state index contributed by atoms with van der Waals surface area (Å²) in [5.41, 5.74) is 0.410. The summed E-state index contributed by atoms with van der Waals surface area (Å²) in [5, 5.41) is 2.49. The number of rotatable bonds is 3. The Bertz CT molecular complexity index is 351. The lowest BCUT2D eigenvalue weighted by Crippen LogP contribution is -2.39. The number of nitrogens with zero attached hydrogens (tertiary/aromatic N) is 1. The predicted octanol–water partition coefficient (Wildman–Crippen LogP) is 0.373. The van der Waals surface area contributed by atoms with Gasteiger partial charge in [-0.2, -0.15) is 0 Å². The molecule has 0 saturated carbocycles. The second-order valence-corrected chi connectivity index (χ2v) is 2.96. The quantitative estimate of drug-likeness (QED) is 0.729. The van der Waals surface area contributed by atoms with Crippen LogP contribution in [0.4, 0.5) is 0 Å². The van der Waals surface area contributed by atoms with Gasteiger partial charge in [-0.3, -0.25) is 9.78 Å². The van der Waals surface area contributed by atoms with E-state index in [1.807, 2.05) is 0 Å². The average Bonchev–Trinajstić information content (AvgIpc) is 2.29. The topological polar surface area (TPSA) is 68.3 Å². The molecule has 1 amide bonds. The van der Waals surface area contributed by atoms with Crippen molar-refractivity contribution < 1.29 is 14.3 Å². The van der Waals surface area contributed by atoms with Gasteiger partial charge in [0.1, 0.15) is 6.04 Å². The van der Waals surface area contributed by atoms with Gasteiger partial charge in [0.15, 0.2) is 0 Å². The van der Waals surface area contributed by atoms with Crippen LogP contribution in [-0.4, -0.2) is 30.0 Å². The van der Waals surface area contributed by atoms with Crippen molar-refractivity contribution in [2.75, 3.05) is 7.11 Å². The number of carbonyl (C=O) groups is 2. The maximum atomic E-state index is 11.5. The van der Waals surface area contributed by atoms with Crippen LogP contribution in [0.5, 0.6) is 0 Å². The molecular weight excluding hydrogens is 196 g/mol. The Balaban J connectivity index is 2.61. The summed E-state index contributed by atoms with van der Waals surface area (Å²) < 4.78 is 4.48. The molecule has 15 heavy (non-hydrogen) atoms. The fourth-order valence-electron chi connectivity index (χ4n) is 1.01. The Kier molecular flexibility index (Phi) is 3.79. The number of nitrogens with one attached hydrogen (secondary N) is 1. The molecule has 1 aromatic heterocycles. The van der Waals surface area contributed by atoms with E-state index in [-0.39, 0.29) is 5.91 Å². The highest BCUT2D eigenvalue weighted by Gasteiger charge is 2.16. The highest BCUT2D eigenvalue weighted by Crippen LogP contribution is 1.96. The highest BCUT2D eigenvalue weighted by molar-refractivity contribution is 5.96. The van der Waals surface area contributed by atoms with Crippen LogP contribution in [-0.2, 0) is 9.53 Å². The molecular formula is C10H12N2O3. The molecule has 0 aliphatic heterocycles. The van der Waals surface area contributed by atoms with Crippen molar-refractivity contribution in [1.29, 1.82) is 0 Å². The first kappa shape index (κ1) is 11.2. The highest BCUT2D eigenvalue weighted by atomic mass is 16.5. The lowest BCUT2D eigenvalue weighted by Gasteiger charge is -2.10. The SMILES string of the molecule is COC(=O)[C@@H](C)NC(=O)c1cccnc1. The molecule has 1 atom stereocenters. The fourth-order valence-corrected chi connectivity index (χ4v) is 1.01. The molecule has 0 saturated heterocycles. The Morgan fingerprint density at radius 1 is 1.53 bits per heavy atom. The first-order chi connectivity index (χ1) is 7.15. The van der Waals surface area contributed by atoms with Crippen LogP contribution in [0.2, 0.25) is 0 Å². The fraction of sp³-hybridized carbons (Fsp3) is 0.300. The standard InChI is InChI=1S/C10H12N2O3/c1-7(10(14)15-2)12-9(13)8-4-3-5-11-6-8/h3-7H,1-2H3,(H,12,13)/t7-/m1/s1. The maximum Gasteiger partial charge on any atom is 0.328 e. The molecule has 80 valence electrons. The normalized spacial score (nSPS) is 11.6. The van der Waals surface area contributed by atoms with Gasteiger partial charge in [-0.1, -0.05) is 0 Å². The minimum Gasteiger partial charge on any atom is -0.467 e. The third kappa shape index (κ3) is 3.05. The molecule has 1 aromatic rings. The van der Waals surface area contributed by atoms with Crippen molar-refractivity contribution in [1.82, 2.24) is 10.3 Å². The third-order valence-corrected chi connectivity index (χ3v) is 1.83. The van der Waals surface area contributed by atoms with Crippen molar-refractivity contribution in [2.45, 2.75) is 13.0 Å². The second-order valence-electron chi connectivity index (χ2n) is 2.96. The van der Waals surface area contributed by atoms with E-state index < -0.39 is 12.0 Å². The Morgan fingerprint density at radius 2 is 2.27 bits per heavy atom. The average molecular weight is 208 g/mol. The molecule has 0 aliphatic carbocycles. The van der Waals surface area contributed by atoms with Gasteiger partial charge in [0.05, 0.1) is 12.7 Å². The van der Waals surface area contributed by atoms with Crippen LogP contribution < -0.4 is 5.32 Å². The summed E-state index contributed by atoms with van der Waals surface area (Å²) in [6.07, 6.45) is 3.00. The van der Waals surface area contributed by atoms with E-state index in [0.29, 0.717) is 5.56 Å². The number of methoxy groups -OCH3 is 1. The molecule has 0 bridgehead atoms. The summed E-state index contributed by atoms with van der Waals surface area (Å²) >= 11 is 0. The second kappa shape index (κ2) is 5.09. The van der Waals surface area contributed by atoms with Gasteiger partial charge >= 0.3 is 5.97 Å². The summed E-state index contributed by atoms with van der Waals surface area (Å²) in [7, 11) is 1.27. The van der Waals surface area contributed by atoms with Gasteiger partial charge < -0.3 is 10.1 Å². The first-order valence-corrected chi connectivity index (χ1v) is 4.44. The van der Waals surface area contributed by atoms with E-state index in [2.05, 4.69) is 15.0 Å². The number of pyridine rings is 1. The van der Waals surface area contributed by atoms with E-state index >= 15 is 0 Å². The van der Waals surface area contributed by atoms with Gasteiger partial charge in [0.25, 0.3) is 5.91 Å². The largest absolute Gasteiger partial charge is 0.467 e. The smallest absolute Gasteiger partial charge is 0.328 e. The van der Waals surface area contributed by atoms with Crippen LogP contribution >= 0.6 is 0 Å². The van der Waals surface area contributed by atoms with Gasteiger partial charge in [-0.15, -0.1) is 0 Å². The lowest BCUT2D eigenvalue weighted by atomic mass is 10.2. The zero-order valence-corrected chi connectivity index (χ0v) is 8.56. The van der Waals surface area contributed by atoms with E-state index in [4.69, 9.17) is 0 Å². The lowest BCUT2D eigenvalue weighted by molar-refractivity contribution is -0.142. The van der Waals surface area contributed by atoms with Crippen LogP contribution in [0.25, 0.3) is 0 Å². The van der Waals surface area contributed by atoms with Crippen molar-refractivity contribution in [2.24, 2.45) is 0 Å². The van der Waals surface area contributed by atoms with E-state index in [9.17, 15) is 9.59 Å². The number of amides is 1. The Labute approximate surface area is 87.5 Å². The summed E-state index contributed by atoms with van der Waals surface area (Å²) in [5.74, 6) is -0.826. The van der Waals surface area contributed by atoms with Crippen LogP contribution in [0, 0.1) is 0 Å². The molecule has 0 radical (unpaired) electrons. The number of hydrogen-bond donors (Lipinski definition) is 1. The molecule has 1 N–H and O–H groups in total. The van der Waals surface area contributed by atoms with E-state index in [1.165, 1.54) is 13.3 Å². The summed E-state index contributed by atoms with van der Waals surface area (Å²) in [6.45, 7) is 1.56. The van der Waals surface area contributed by atoms with Gasteiger partial charge in [0, 0.05) is 12.4 Å². The van der Waals surface area contributed by atoms with Crippen LogP contribution in [0.1, 0.15) is 17.3 Å². The number of esters is 1. The Hall–Kier alpha value is -1.91. The van der Waals surface area contributed by atoms with Crippen molar-refractivity contribution in [3.63, 3.8) is 0 Å². The zero-order chi connectivity index (χ0) is 11.3. The van der Waals surface area contributed by atoms with Crippen LogP contribution in [0.15, 0.2) is 24.5 Å². The molecule has 0 aliphatic rings. The zero-order valence-electron chi connectivity index (χ0n) is 8.56. The minimum absolute atomic E-state index is 0.346. The molecule has 1 rings (SSSR count). The first-order valence-electron chi connectivity index (χ1n) is 4.44. The molecule has 1 heterocycles. The van der Waals surface area contributed by atoms with Crippen molar-refractivity contribution in [3.8, 4) is 0 Å². The molecule has 0 aromatic carbocycles. The molecule has 0 fully saturated rings. The predicted molar refractivity (Wildman–Crippen MR) is 53.2 cm³/mol. The van der Waals surface area contributed by atoms with Crippen molar-refractivity contribution >= 4 is 11.9 Å². The molecule has 0 unspecified atom stereocenters. The van der Waals surface area contributed by atoms with E-state index in [1.54, 1.807) is 25.3 Å². The molecule has 5 heteroatoms. The monoisotopic (exact) mass is 208 g/mol. The van der Waals surface area contributed by atoms with Gasteiger partial charge in [-0.05, 0) is 19.1 Å². The number of ether oxygens (including phenoxy) is 1. The number of hydrogen-bond acceptors (Lipinski definition) is 4. The van der Waals surface area contributed by atoms with Crippen molar-refractivity contribution in [3.05, 3.63) is 30.1 Å².